The first kappa shape index (κ1) is 13.3. The highest BCUT2D eigenvalue weighted by Gasteiger charge is 2.21. The predicted octanol–water partition coefficient (Wildman–Crippen LogP) is 3.37. The summed E-state index contributed by atoms with van der Waals surface area (Å²) < 4.78 is 0. The number of anilines is 1. The molecule has 0 aliphatic heterocycles. The minimum absolute atomic E-state index is 0.0118. The first-order valence-electron chi connectivity index (χ1n) is 6.90. The minimum atomic E-state index is -0.105. The van der Waals surface area contributed by atoms with E-state index in [1.54, 1.807) is 23.5 Å². The van der Waals surface area contributed by atoms with E-state index in [1.165, 1.54) is 16.9 Å². The molecule has 2 aromatic rings. The smallest absolute Gasteiger partial charge is 0.255 e. The SMILES string of the molecule is O=C(Nc1c(CO)sc2c1CCCC2)c1ccccc1. The molecule has 1 aliphatic carbocycles. The molecule has 1 aliphatic rings. The van der Waals surface area contributed by atoms with Crippen molar-refractivity contribution < 1.29 is 9.90 Å². The van der Waals surface area contributed by atoms with Crippen LogP contribution in [0.2, 0.25) is 0 Å². The van der Waals surface area contributed by atoms with Crippen LogP contribution in [0.4, 0.5) is 5.69 Å². The molecule has 20 heavy (non-hydrogen) atoms. The second-order valence-corrected chi connectivity index (χ2v) is 6.18. The van der Waals surface area contributed by atoms with E-state index in [2.05, 4.69) is 5.32 Å². The first-order chi connectivity index (χ1) is 9.79. The monoisotopic (exact) mass is 287 g/mol. The van der Waals surface area contributed by atoms with Crippen molar-refractivity contribution in [2.45, 2.75) is 32.3 Å². The van der Waals surface area contributed by atoms with Crippen molar-refractivity contribution in [1.82, 2.24) is 0 Å². The van der Waals surface area contributed by atoms with Crippen LogP contribution in [0.1, 0.15) is 38.5 Å². The van der Waals surface area contributed by atoms with Crippen LogP contribution in [0, 0.1) is 0 Å². The predicted molar refractivity (Wildman–Crippen MR) is 81.3 cm³/mol. The van der Waals surface area contributed by atoms with Crippen LogP contribution in [0.25, 0.3) is 0 Å². The average molecular weight is 287 g/mol. The highest BCUT2D eigenvalue weighted by atomic mass is 32.1. The summed E-state index contributed by atoms with van der Waals surface area (Å²) >= 11 is 1.63. The number of carbonyl (C=O) groups is 1. The molecule has 0 unspecified atom stereocenters. The molecule has 104 valence electrons. The summed E-state index contributed by atoms with van der Waals surface area (Å²) in [4.78, 5) is 14.5. The Morgan fingerprint density at radius 2 is 1.95 bits per heavy atom. The van der Waals surface area contributed by atoms with Crippen LogP contribution < -0.4 is 5.32 Å². The normalized spacial score (nSPS) is 13.8. The molecule has 1 amide bonds. The Bertz CT molecular complexity index is 619. The topological polar surface area (TPSA) is 49.3 Å². The van der Waals surface area contributed by atoms with Gasteiger partial charge in [0.15, 0.2) is 0 Å². The van der Waals surface area contributed by atoms with E-state index in [0.717, 1.165) is 29.8 Å². The van der Waals surface area contributed by atoms with Gasteiger partial charge in [-0.05, 0) is 43.4 Å². The molecular formula is C16H17NO2S. The molecule has 0 saturated carbocycles. The fraction of sp³-hybridized carbons (Fsp3) is 0.312. The zero-order valence-corrected chi connectivity index (χ0v) is 12.0. The summed E-state index contributed by atoms with van der Waals surface area (Å²) in [5, 5.41) is 12.5. The number of aliphatic hydroxyl groups is 1. The fourth-order valence-electron chi connectivity index (χ4n) is 2.65. The van der Waals surface area contributed by atoms with Crippen LogP contribution in [-0.2, 0) is 19.4 Å². The number of benzene rings is 1. The van der Waals surface area contributed by atoms with Gasteiger partial charge >= 0.3 is 0 Å². The van der Waals surface area contributed by atoms with E-state index in [0.29, 0.717) is 5.56 Å². The van der Waals surface area contributed by atoms with Gasteiger partial charge in [0, 0.05) is 10.4 Å². The van der Waals surface area contributed by atoms with E-state index in [-0.39, 0.29) is 12.5 Å². The zero-order valence-electron chi connectivity index (χ0n) is 11.2. The van der Waals surface area contributed by atoms with Crippen molar-refractivity contribution in [1.29, 1.82) is 0 Å². The Labute approximate surface area is 122 Å². The number of hydrogen-bond donors (Lipinski definition) is 2. The quantitative estimate of drug-likeness (QED) is 0.909. The molecular weight excluding hydrogens is 270 g/mol. The van der Waals surface area contributed by atoms with Gasteiger partial charge in [-0.2, -0.15) is 0 Å². The van der Waals surface area contributed by atoms with Crippen molar-refractivity contribution in [2.75, 3.05) is 5.32 Å². The lowest BCUT2D eigenvalue weighted by atomic mass is 9.97. The number of rotatable bonds is 3. The van der Waals surface area contributed by atoms with Gasteiger partial charge in [0.2, 0.25) is 0 Å². The van der Waals surface area contributed by atoms with Crippen molar-refractivity contribution in [3.8, 4) is 0 Å². The Morgan fingerprint density at radius 3 is 2.70 bits per heavy atom. The summed E-state index contributed by atoms with van der Waals surface area (Å²) in [5.41, 5.74) is 2.72. The second kappa shape index (κ2) is 5.77. The maximum Gasteiger partial charge on any atom is 0.255 e. The van der Waals surface area contributed by atoms with Crippen molar-refractivity contribution in [3.63, 3.8) is 0 Å². The number of amides is 1. The lowest BCUT2D eigenvalue weighted by Gasteiger charge is -2.13. The minimum Gasteiger partial charge on any atom is -0.391 e. The fourth-order valence-corrected chi connectivity index (χ4v) is 3.87. The highest BCUT2D eigenvalue weighted by molar-refractivity contribution is 7.12. The molecule has 1 aromatic heterocycles. The molecule has 3 rings (SSSR count). The molecule has 0 spiro atoms. The lowest BCUT2D eigenvalue weighted by Crippen LogP contribution is -2.14. The molecule has 1 aromatic carbocycles. The van der Waals surface area contributed by atoms with Crippen LogP contribution in [-0.4, -0.2) is 11.0 Å². The number of carbonyl (C=O) groups excluding carboxylic acids is 1. The van der Waals surface area contributed by atoms with Crippen LogP contribution in [0.5, 0.6) is 0 Å². The molecule has 3 nitrogen and oxygen atoms in total. The number of aliphatic hydroxyl groups excluding tert-OH is 1. The summed E-state index contributed by atoms with van der Waals surface area (Å²) in [7, 11) is 0. The van der Waals surface area contributed by atoms with E-state index < -0.39 is 0 Å². The molecule has 0 bridgehead atoms. The molecule has 1 heterocycles. The Hall–Kier alpha value is -1.65. The third-order valence-corrected chi connectivity index (χ3v) is 4.94. The van der Waals surface area contributed by atoms with Gasteiger partial charge in [-0.25, -0.2) is 0 Å². The maximum atomic E-state index is 12.3. The van der Waals surface area contributed by atoms with E-state index in [9.17, 15) is 9.90 Å². The van der Waals surface area contributed by atoms with Gasteiger partial charge in [0.25, 0.3) is 5.91 Å². The standard InChI is InChI=1S/C16H17NO2S/c18-10-14-15(12-8-4-5-9-13(12)20-14)17-16(19)11-6-2-1-3-7-11/h1-3,6-7,18H,4-5,8-10H2,(H,17,19). The van der Waals surface area contributed by atoms with E-state index in [4.69, 9.17) is 0 Å². The number of hydrogen-bond acceptors (Lipinski definition) is 3. The van der Waals surface area contributed by atoms with Crippen LogP contribution in [0.15, 0.2) is 30.3 Å². The zero-order chi connectivity index (χ0) is 13.9. The summed E-state index contributed by atoms with van der Waals surface area (Å²) in [6.07, 6.45) is 4.41. The van der Waals surface area contributed by atoms with Gasteiger partial charge in [0.05, 0.1) is 17.2 Å². The molecule has 0 radical (unpaired) electrons. The average Bonchev–Trinajstić information content (AvgIpc) is 2.86. The highest BCUT2D eigenvalue weighted by Crippen LogP contribution is 2.38. The van der Waals surface area contributed by atoms with Crippen molar-refractivity contribution >= 4 is 22.9 Å². The molecule has 0 atom stereocenters. The Morgan fingerprint density at radius 1 is 1.20 bits per heavy atom. The number of aryl methyl sites for hydroxylation is 1. The third-order valence-electron chi connectivity index (χ3n) is 3.66. The van der Waals surface area contributed by atoms with Crippen LogP contribution >= 0.6 is 11.3 Å². The largest absolute Gasteiger partial charge is 0.391 e. The lowest BCUT2D eigenvalue weighted by molar-refractivity contribution is 0.102. The Balaban J connectivity index is 1.90. The summed E-state index contributed by atoms with van der Waals surface area (Å²) in [6, 6.07) is 9.19. The van der Waals surface area contributed by atoms with Crippen molar-refractivity contribution in [2.24, 2.45) is 0 Å². The molecule has 0 saturated heterocycles. The number of thiophene rings is 1. The summed E-state index contributed by atoms with van der Waals surface area (Å²) in [5.74, 6) is -0.105. The number of nitrogens with one attached hydrogen (secondary N) is 1. The second-order valence-electron chi connectivity index (χ2n) is 4.99. The van der Waals surface area contributed by atoms with Crippen molar-refractivity contribution in [3.05, 3.63) is 51.2 Å². The van der Waals surface area contributed by atoms with Gasteiger partial charge in [-0.1, -0.05) is 18.2 Å². The van der Waals surface area contributed by atoms with Gasteiger partial charge in [-0.15, -0.1) is 11.3 Å². The Kier molecular flexibility index (Phi) is 3.85. The van der Waals surface area contributed by atoms with E-state index in [1.807, 2.05) is 18.2 Å². The first-order valence-corrected chi connectivity index (χ1v) is 7.72. The van der Waals surface area contributed by atoms with Gasteiger partial charge < -0.3 is 10.4 Å². The maximum absolute atomic E-state index is 12.3. The summed E-state index contributed by atoms with van der Waals surface area (Å²) in [6.45, 7) is -0.0118. The third kappa shape index (κ3) is 2.49. The molecule has 2 N–H and O–H groups in total. The van der Waals surface area contributed by atoms with Gasteiger partial charge in [-0.3, -0.25) is 4.79 Å². The molecule has 0 fully saturated rings. The van der Waals surface area contributed by atoms with Crippen LogP contribution in [0.3, 0.4) is 0 Å². The molecule has 4 heteroatoms. The van der Waals surface area contributed by atoms with Gasteiger partial charge in [0.1, 0.15) is 0 Å². The van der Waals surface area contributed by atoms with E-state index >= 15 is 0 Å². The number of fused-ring (bicyclic) bond motifs is 1.